The van der Waals surface area contributed by atoms with Gasteiger partial charge in [0.25, 0.3) is 0 Å². The summed E-state index contributed by atoms with van der Waals surface area (Å²) in [5.41, 5.74) is 62.1. The molecule has 0 aromatic heterocycles. The van der Waals surface area contributed by atoms with Gasteiger partial charge >= 0.3 is 5.97 Å². The molecule has 0 aliphatic rings. The molecule has 0 bridgehead atoms. The van der Waals surface area contributed by atoms with E-state index in [-0.39, 0.29) is 218 Å². The maximum atomic E-state index is 15.0. The lowest BCUT2D eigenvalue weighted by molar-refractivity contribution is -0.142. The minimum absolute atomic E-state index is 0.00904. The minimum atomic E-state index is -1.96. The van der Waals surface area contributed by atoms with Crippen LogP contribution in [0.1, 0.15) is 140 Å². The Morgan fingerprint density at radius 1 is 0.234 bits per heavy atom. The Labute approximate surface area is 835 Å². The van der Waals surface area contributed by atoms with Crippen LogP contribution in [0.25, 0.3) is 0 Å². The number of hydrogen-bond donors (Lipinski definition) is 48. The summed E-state index contributed by atoms with van der Waals surface area (Å²) in [4.78, 5) is 202. The Morgan fingerprint density at radius 3 is 0.614 bits per heavy atom. The second kappa shape index (κ2) is 69.2. The highest BCUT2D eigenvalue weighted by atomic mass is 16.4. The Bertz CT molecular complexity index is 4650. The summed E-state index contributed by atoms with van der Waals surface area (Å²) >= 11 is 0. The van der Waals surface area contributed by atoms with Crippen LogP contribution in [0.15, 0.2) is 48.5 Å². The molecule has 0 spiro atoms. The lowest BCUT2D eigenvalue weighted by atomic mass is 10.0. The van der Waals surface area contributed by atoms with Crippen LogP contribution < -0.4 is 185 Å². The van der Waals surface area contributed by atoms with E-state index in [0.29, 0.717) is 11.1 Å². The first-order chi connectivity index (χ1) is 68.6. The van der Waals surface area contributed by atoms with Gasteiger partial charge in [-0.1, -0.05) is 24.3 Å². The zero-order chi connectivity index (χ0) is 109. The van der Waals surface area contributed by atoms with Crippen molar-refractivity contribution in [3.05, 3.63) is 59.7 Å². The number of carbonyl (C=O) groups is 14. The highest BCUT2D eigenvalue weighted by Gasteiger charge is 2.38. The molecule has 0 radical (unpaired) electrons. The number of carboxylic acid groups (broad SMARTS) is 1. The summed E-state index contributed by atoms with van der Waals surface area (Å²) in [5.74, 6) is -20.0. The van der Waals surface area contributed by atoms with Crippen LogP contribution in [0.5, 0.6) is 11.5 Å². The number of phenols is 2. The van der Waals surface area contributed by atoms with E-state index in [0.717, 1.165) is 0 Å². The average molecular weight is 2050 g/mol. The molecule has 0 saturated heterocycles. The van der Waals surface area contributed by atoms with Gasteiger partial charge in [-0.25, -0.2) is 4.79 Å². The van der Waals surface area contributed by atoms with E-state index in [1.165, 1.54) is 48.5 Å². The number of hydrogen-bond acceptors (Lipinski definition) is 28. The van der Waals surface area contributed by atoms with Gasteiger partial charge in [-0.15, -0.1) is 0 Å². The molecule has 2 aromatic carbocycles. The molecule has 0 saturated carbocycles. The first-order valence-corrected chi connectivity index (χ1v) is 46.4. The second-order valence-electron chi connectivity index (χ2n) is 33.2. The number of amides is 13. The number of aliphatic hydroxyl groups excluding tert-OH is 1. The molecule has 2 rings (SSSR count). The number of guanidine groups is 10. The smallest absolute Gasteiger partial charge is 0.326 e. The molecule has 145 heavy (non-hydrogen) atoms. The fraction of sp³-hybridized carbons (Fsp3) is 0.566. The van der Waals surface area contributed by atoms with E-state index in [1.54, 1.807) is 0 Å². The highest BCUT2D eigenvalue weighted by Crippen LogP contribution is 2.17. The monoisotopic (exact) mass is 2050 g/mol. The molecule has 59 N–H and O–H groups in total. The van der Waals surface area contributed by atoms with Gasteiger partial charge in [-0.2, -0.15) is 0 Å². The molecule has 0 unspecified atom stereocenters. The zero-order valence-electron chi connectivity index (χ0n) is 80.5. The molecular formula is C83H148N44O18. The summed E-state index contributed by atoms with van der Waals surface area (Å²) < 4.78 is 0. The van der Waals surface area contributed by atoms with Crippen LogP contribution in [-0.2, 0) is 80.0 Å². The van der Waals surface area contributed by atoms with Gasteiger partial charge in [0.05, 0.1) is 19.2 Å². The number of nitrogens with one attached hydrogen (secondary N) is 33. The van der Waals surface area contributed by atoms with Gasteiger partial charge in [0.1, 0.15) is 84.0 Å². The Morgan fingerprint density at radius 2 is 0.414 bits per heavy atom. The molecule has 2 aromatic rings. The third kappa shape index (κ3) is 56.3. The van der Waals surface area contributed by atoms with Crippen molar-refractivity contribution in [1.82, 2.24) is 122 Å². The minimum Gasteiger partial charge on any atom is -0.508 e. The van der Waals surface area contributed by atoms with Crippen LogP contribution >= 0.6 is 0 Å². The van der Waals surface area contributed by atoms with E-state index >= 15 is 9.59 Å². The maximum absolute atomic E-state index is 15.0. The van der Waals surface area contributed by atoms with Crippen molar-refractivity contribution in [3.63, 3.8) is 0 Å². The van der Waals surface area contributed by atoms with Crippen molar-refractivity contribution < 1.29 is 87.5 Å². The highest BCUT2D eigenvalue weighted by molar-refractivity contribution is 6.00. The number of phenolic OH excluding ortho intramolecular Hbond substituents is 2. The van der Waals surface area contributed by atoms with Crippen molar-refractivity contribution >= 4 is 142 Å². The van der Waals surface area contributed by atoms with Gasteiger partial charge in [-0.05, 0) is 164 Å². The number of aliphatic hydroxyl groups is 1. The summed E-state index contributed by atoms with van der Waals surface area (Å²) in [5, 5.41) is 176. The predicted octanol–water partition coefficient (Wildman–Crippen LogP) is -14.1. The molecule has 13 atom stereocenters. The normalized spacial score (nSPS) is 13.4. The molecule has 0 aliphatic carbocycles. The van der Waals surface area contributed by atoms with Crippen molar-refractivity contribution in [1.29, 1.82) is 54.1 Å². The van der Waals surface area contributed by atoms with Crippen molar-refractivity contribution in [2.24, 2.45) is 63.1 Å². The van der Waals surface area contributed by atoms with Crippen LogP contribution in [0.4, 0.5) is 0 Å². The van der Waals surface area contributed by atoms with E-state index in [4.69, 9.17) is 117 Å². The second-order valence-corrected chi connectivity index (χ2v) is 33.2. The van der Waals surface area contributed by atoms with E-state index in [9.17, 15) is 78.0 Å². The lowest BCUT2D eigenvalue weighted by Gasteiger charge is -2.28. The fourth-order valence-electron chi connectivity index (χ4n) is 13.7. The van der Waals surface area contributed by atoms with Crippen molar-refractivity contribution in [2.45, 2.75) is 220 Å². The number of carbonyl (C=O) groups excluding carboxylic acids is 13. The number of aliphatic carboxylic acids is 1. The number of carboxylic acids is 1. The van der Waals surface area contributed by atoms with Gasteiger partial charge in [-0.3, -0.25) is 116 Å². The van der Waals surface area contributed by atoms with Gasteiger partial charge in [0, 0.05) is 78.3 Å². The van der Waals surface area contributed by atoms with Crippen molar-refractivity contribution in [2.75, 3.05) is 78.6 Å². The van der Waals surface area contributed by atoms with Crippen LogP contribution in [0, 0.1) is 54.1 Å². The molecule has 0 heterocycles. The molecule has 62 heteroatoms. The summed E-state index contributed by atoms with van der Waals surface area (Å²) in [6.45, 7) is -2.52. The first-order valence-electron chi connectivity index (χ1n) is 46.4. The molecule has 13 amide bonds. The maximum Gasteiger partial charge on any atom is 0.326 e. The Hall–Kier alpha value is -16.8. The quantitative estimate of drug-likeness (QED) is 0.0166. The topological polar surface area (TPSA) is 1120 Å². The van der Waals surface area contributed by atoms with Crippen molar-refractivity contribution in [3.8, 4) is 11.5 Å². The molecule has 0 fully saturated rings. The van der Waals surface area contributed by atoms with Crippen LogP contribution in [-0.4, -0.2) is 320 Å². The van der Waals surface area contributed by atoms with Gasteiger partial charge < -0.3 is 206 Å². The Balaban J connectivity index is 2.73. The third-order valence-corrected chi connectivity index (χ3v) is 21.2. The third-order valence-electron chi connectivity index (χ3n) is 21.2. The number of rotatable bonds is 72. The lowest BCUT2D eigenvalue weighted by Crippen LogP contribution is -2.60. The van der Waals surface area contributed by atoms with E-state index in [1.807, 2.05) is 0 Å². The summed E-state index contributed by atoms with van der Waals surface area (Å²) in [6, 6.07) is -10.1. The molecule has 0 aliphatic heterocycles. The largest absolute Gasteiger partial charge is 0.508 e. The summed E-state index contributed by atoms with van der Waals surface area (Å²) in [7, 11) is 0. The Kier molecular flexibility index (Phi) is 59.3. The van der Waals surface area contributed by atoms with E-state index in [2.05, 4.69) is 122 Å². The molecular weight excluding hydrogens is 1900 g/mol. The SMILES string of the molecule is N=C(N)NCCC[C@H](NC(=O)[C@H](CCCNC(=N)N)NC(=O)[C@H](CCCNC(=N)N)NC(=O)[C@H](CCCNC(=N)N)NC(=O)[C@H](CCCNC(=N)N)NC(=O)[C@H](CCCNC(=N)N)NC(=O)[C@H](CO)NC(=O)CNC(=O)[C@H](Cc1ccc(O)cc1)NC(=O)[C@H](CCCNC(=N)N)NC(=O)[C@H](CCCNC(=N)N)NC(=O)[C@H](CCCNC(=N)N)NC(=O)[C@@H](N)CCCNC(=N)N)C(=O)N[C@@H](Cc1ccc(O)cc1)C(=O)O. The molecule has 62 nitrogen and oxygen atoms in total. The average Bonchev–Trinajstić information content (AvgIpc) is 0.856. The molecule has 808 valence electrons. The van der Waals surface area contributed by atoms with Gasteiger partial charge in [0.2, 0.25) is 76.8 Å². The number of aromatic hydroxyl groups is 2. The van der Waals surface area contributed by atoms with E-state index < -0.39 is 235 Å². The number of nitrogens with two attached hydrogens (primary N) is 11. The predicted molar refractivity (Wildman–Crippen MR) is 534 cm³/mol. The fourth-order valence-corrected chi connectivity index (χ4v) is 13.7. The summed E-state index contributed by atoms with van der Waals surface area (Å²) in [6.07, 6.45) is -2.85. The van der Waals surface area contributed by atoms with Crippen LogP contribution in [0.3, 0.4) is 0 Å². The zero-order valence-corrected chi connectivity index (χ0v) is 80.5. The first kappa shape index (κ1) is 124. The van der Waals surface area contributed by atoms with Crippen LogP contribution in [0.2, 0.25) is 0 Å². The number of benzene rings is 2. The van der Waals surface area contributed by atoms with Gasteiger partial charge in [0.15, 0.2) is 59.6 Å². The standard InChI is InChI=1S/C83H148N44O18/c84-47(11-1-29-105-74(85)86)61(132)117-48(12-2-30-106-75(87)88)63(134)118-49(13-3-31-107-76(89)90)67(138)123-55(19-9-37-113-82(101)102)70(141)126-57(39-43-21-25-45(129)26-22-43)62(133)115-41-60(131)116-59(42-128)72(143)125-54(18-8-36-112-81(99)100)69(140)122-52(16-6-34-110-79(95)96)66(137)120-50(14-4-32-108-77(91)92)64(135)119-51(15-5-33-109-78(93)94)65(136)121-53(17-7-35-111-80(97)98)68(139)124-56(20-10-38-114-83(103)104)71(142)127-58(73(144)145)40-44-23-27-46(130)28-24-44/h21-28,47-59,128-130H,1-20,29-42,84H2,(H,115,133)(H,116,131)(H,117,132)(H,118,134)(H,119,135)(H,120,137)(H,121,136)(H,122,140)(H,123,138)(H,124,139)(H,125,143)(H,126,141)(H,127,142)(H,144,145)(H4,85,86,105)(H4,87,88,106)(H4,89,90,107)(H4,91,92,108)(H4,93,94,109)(H4,95,96,110)(H4,97,98,111)(H4,99,100,112)(H4,101,102,113)(H4,103,104,114)/t47-,48-,49-,50-,51-,52-,53-,54-,55-,56-,57-,58-,59-/m0/s1.